The van der Waals surface area contributed by atoms with Gasteiger partial charge in [-0.05, 0) is 30.2 Å². The molecule has 0 bridgehead atoms. The molecule has 3 aromatic heterocycles. The largest absolute Gasteiger partial charge is 0.464 e. The second kappa shape index (κ2) is 10.1. The van der Waals surface area contributed by atoms with Crippen molar-refractivity contribution in [2.24, 2.45) is 0 Å². The summed E-state index contributed by atoms with van der Waals surface area (Å²) < 4.78 is 9.75. The molecule has 37 heavy (non-hydrogen) atoms. The summed E-state index contributed by atoms with van der Waals surface area (Å²) in [7, 11) is 1.62. The molecule has 0 saturated carbocycles. The molecule has 5 aromatic rings. The summed E-state index contributed by atoms with van der Waals surface area (Å²) in [6.45, 7) is 2.28. The van der Waals surface area contributed by atoms with Gasteiger partial charge < -0.3 is 13.9 Å². The van der Waals surface area contributed by atoms with Crippen molar-refractivity contribution in [2.45, 2.75) is 33.1 Å². The smallest absolute Gasteiger partial charge is 0.333 e. The molecule has 0 atom stereocenters. The third-order valence-electron chi connectivity index (χ3n) is 6.27. The minimum absolute atomic E-state index is 0.217. The van der Waals surface area contributed by atoms with Gasteiger partial charge in [0.05, 0.1) is 19.4 Å². The number of aromatic nitrogens is 4. The maximum Gasteiger partial charge on any atom is 0.333 e. The molecule has 9 heteroatoms. The maximum atomic E-state index is 13.6. The molecule has 0 N–H and O–H groups in total. The number of hydrogen-bond acceptors (Lipinski definition) is 5. The van der Waals surface area contributed by atoms with E-state index in [4.69, 9.17) is 4.42 Å². The Balaban J connectivity index is 1.57. The van der Waals surface area contributed by atoms with Crippen LogP contribution in [0.5, 0.6) is 0 Å². The minimum Gasteiger partial charge on any atom is -0.464 e. The van der Waals surface area contributed by atoms with Crippen molar-refractivity contribution in [1.29, 1.82) is 0 Å². The molecule has 0 radical (unpaired) electrons. The molecule has 0 aliphatic carbocycles. The molecule has 188 valence electrons. The first kappa shape index (κ1) is 24.1. The summed E-state index contributed by atoms with van der Waals surface area (Å²) in [4.78, 5) is 46.2. The van der Waals surface area contributed by atoms with Gasteiger partial charge in [-0.1, -0.05) is 60.7 Å². The van der Waals surface area contributed by atoms with E-state index in [1.807, 2.05) is 73.7 Å². The lowest BCUT2D eigenvalue weighted by molar-refractivity contribution is -0.131. The number of likely N-dealkylation sites (N-methyl/N-ethyl adjacent to an activating group) is 1. The number of nitrogens with zero attached hydrogens (tertiary/aromatic N) is 5. The number of hydrogen-bond donors (Lipinski definition) is 0. The van der Waals surface area contributed by atoms with Crippen LogP contribution in [0.4, 0.5) is 0 Å². The Kier molecular flexibility index (Phi) is 6.59. The number of carbonyl (C=O) groups excluding carboxylic acids is 1. The highest BCUT2D eigenvalue weighted by molar-refractivity contribution is 5.76. The van der Waals surface area contributed by atoms with Crippen molar-refractivity contribution in [3.63, 3.8) is 0 Å². The number of carbonyl (C=O) groups is 1. The first-order valence-corrected chi connectivity index (χ1v) is 12.0. The Morgan fingerprint density at radius 2 is 1.54 bits per heavy atom. The van der Waals surface area contributed by atoms with Gasteiger partial charge in [-0.2, -0.15) is 0 Å². The van der Waals surface area contributed by atoms with Gasteiger partial charge in [-0.15, -0.1) is 0 Å². The van der Waals surface area contributed by atoms with E-state index in [9.17, 15) is 14.4 Å². The van der Waals surface area contributed by atoms with Crippen molar-refractivity contribution in [2.75, 3.05) is 7.05 Å². The van der Waals surface area contributed by atoms with E-state index >= 15 is 0 Å². The van der Waals surface area contributed by atoms with Gasteiger partial charge in [-0.25, -0.2) is 14.3 Å². The number of furan rings is 1. The summed E-state index contributed by atoms with van der Waals surface area (Å²) in [5.74, 6) is 0.986. The fourth-order valence-electron chi connectivity index (χ4n) is 4.33. The topological polar surface area (TPSA) is 95.3 Å². The lowest BCUT2D eigenvalue weighted by Crippen LogP contribution is -2.44. The van der Waals surface area contributed by atoms with Crippen LogP contribution >= 0.6 is 0 Å². The van der Waals surface area contributed by atoms with Crippen molar-refractivity contribution >= 4 is 17.1 Å². The van der Waals surface area contributed by atoms with Crippen LogP contribution in [0.15, 0.2) is 93.1 Å². The summed E-state index contributed by atoms with van der Waals surface area (Å²) in [6.07, 6.45) is 1.57. The fraction of sp³-hybridized carbons (Fsp3) is 0.214. The Labute approximate surface area is 212 Å². The molecule has 0 saturated heterocycles. The number of rotatable bonds is 8. The highest BCUT2D eigenvalue weighted by atomic mass is 16.3. The van der Waals surface area contributed by atoms with E-state index < -0.39 is 17.8 Å². The highest BCUT2D eigenvalue weighted by Gasteiger charge is 2.21. The van der Waals surface area contributed by atoms with Crippen molar-refractivity contribution in [3.8, 4) is 0 Å². The monoisotopic (exact) mass is 497 g/mol. The van der Waals surface area contributed by atoms with Crippen molar-refractivity contribution in [3.05, 3.63) is 123 Å². The zero-order valence-electron chi connectivity index (χ0n) is 20.7. The summed E-state index contributed by atoms with van der Waals surface area (Å²) in [5.41, 5.74) is 1.30. The van der Waals surface area contributed by atoms with E-state index in [1.165, 1.54) is 9.47 Å². The summed E-state index contributed by atoms with van der Waals surface area (Å²) in [6, 6.07) is 22.8. The lowest BCUT2D eigenvalue weighted by atomic mass is 10.2. The van der Waals surface area contributed by atoms with Gasteiger partial charge in [0, 0.05) is 13.6 Å². The van der Waals surface area contributed by atoms with Crippen LogP contribution in [-0.2, 0) is 31.0 Å². The average Bonchev–Trinajstić information content (AvgIpc) is 3.51. The van der Waals surface area contributed by atoms with Crippen LogP contribution in [-0.4, -0.2) is 36.5 Å². The Bertz CT molecular complexity index is 1660. The van der Waals surface area contributed by atoms with Gasteiger partial charge in [0.2, 0.25) is 5.91 Å². The summed E-state index contributed by atoms with van der Waals surface area (Å²) >= 11 is 0. The van der Waals surface area contributed by atoms with Gasteiger partial charge >= 0.3 is 5.69 Å². The second-order valence-corrected chi connectivity index (χ2v) is 9.04. The number of benzene rings is 2. The van der Waals surface area contributed by atoms with Crippen LogP contribution in [0.1, 0.15) is 22.6 Å². The van der Waals surface area contributed by atoms with E-state index in [2.05, 4.69) is 4.98 Å². The average molecular weight is 498 g/mol. The van der Waals surface area contributed by atoms with Crippen molar-refractivity contribution in [1.82, 2.24) is 23.6 Å². The zero-order chi connectivity index (χ0) is 25.9. The lowest BCUT2D eigenvalue weighted by Gasteiger charge is -2.17. The molecule has 0 spiro atoms. The Hall–Kier alpha value is -4.66. The molecule has 2 aromatic carbocycles. The second-order valence-electron chi connectivity index (χ2n) is 9.04. The van der Waals surface area contributed by atoms with Crippen LogP contribution < -0.4 is 11.2 Å². The number of aryl methyl sites for hydroxylation is 1. The molecule has 0 aliphatic heterocycles. The molecule has 0 unspecified atom stereocenters. The molecule has 9 nitrogen and oxygen atoms in total. The molecule has 3 heterocycles. The molecule has 1 amide bonds. The molecule has 5 rings (SSSR count). The minimum atomic E-state index is -0.582. The van der Waals surface area contributed by atoms with Gasteiger partial charge in [0.25, 0.3) is 5.56 Å². The normalized spacial score (nSPS) is 11.2. The van der Waals surface area contributed by atoms with Gasteiger partial charge in [0.15, 0.2) is 11.2 Å². The van der Waals surface area contributed by atoms with Crippen molar-refractivity contribution < 1.29 is 9.21 Å². The Morgan fingerprint density at radius 1 is 0.892 bits per heavy atom. The van der Waals surface area contributed by atoms with Crippen LogP contribution in [0.25, 0.3) is 11.2 Å². The Morgan fingerprint density at radius 3 is 2.16 bits per heavy atom. The van der Waals surface area contributed by atoms with E-state index in [0.29, 0.717) is 12.3 Å². The van der Waals surface area contributed by atoms with Crippen LogP contribution in [0.3, 0.4) is 0 Å². The molecule has 0 aliphatic rings. The molecular weight excluding hydrogens is 470 g/mol. The fourth-order valence-corrected chi connectivity index (χ4v) is 4.33. The van der Waals surface area contributed by atoms with Crippen LogP contribution in [0, 0.1) is 6.92 Å². The number of fused-ring (bicyclic) bond motifs is 1. The first-order valence-electron chi connectivity index (χ1n) is 12.0. The zero-order valence-corrected chi connectivity index (χ0v) is 20.7. The van der Waals surface area contributed by atoms with E-state index in [1.54, 1.807) is 24.0 Å². The standard InChI is InChI=1S/C28H27N5O4/c1-20-13-14-23(37-20)17-30(2)24(34)18-33-27(35)25-26(29-19-31(25)15-21-9-5-3-6-10-21)32(28(33)36)16-22-11-7-4-8-12-22/h3-14,19H,15-18H2,1-2H3. The highest BCUT2D eigenvalue weighted by Crippen LogP contribution is 2.13. The van der Waals surface area contributed by atoms with Gasteiger partial charge in [-0.3, -0.25) is 14.2 Å². The predicted octanol–water partition coefficient (Wildman–Crippen LogP) is 3.02. The number of amides is 1. The van der Waals surface area contributed by atoms with Crippen LogP contribution in [0.2, 0.25) is 0 Å². The quantitative estimate of drug-likeness (QED) is 0.328. The summed E-state index contributed by atoms with van der Waals surface area (Å²) in [5, 5.41) is 0. The van der Waals surface area contributed by atoms with Gasteiger partial charge in [0.1, 0.15) is 18.1 Å². The number of imidazole rings is 1. The molecule has 0 fully saturated rings. The maximum absolute atomic E-state index is 13.6. The van der Waals surface area contributed by atoms with E-state index in [0.717, 1.165) is 21.5 Å². The first-order chi connectivity index (χ1) is 17.9. The third kappa shape index (κ3) is 5.02. The third-order valence-corrected chi connectivity index (χ3v) is 6.27. The predicted molar refractivity (Wildman–Crippen MR) is 139 cm³/mol. The van der Waals surface area contributed by atoms with E-state index in [-0.39, 0.29) is 30.2 Å². The molecular formula is C28H27N5O4. The SMILES string of the molecule is Cc1ccc(CN(C)C(=O)Cn2c(=O)c3c(ncn3Cc3ccccc3)n(Cc3ccccc3)c2=O)o1.